The van der Waals surface area contributed by atoms with Crippen LogP contribution in [-0.4, -0.2) is 120 Å². The second-order valence-corrected chi connectivity index (χ2v) is 19.5. The molecule has 1 aromatic carbocycles. The summed E-state index contributed by atoms with van der Waals surface area (Å²) in [5, 5.41) is 13.3. The van der Waals surface area contributed by atoms with E-state index in [9.17, 15) is 24.3 Å². The first-order valence-corrected chi connectivity index (χ1v) is 21.0. The van der Waals surface area contributed by atoms with Crippen molar-refractivity contribution in [1.82, 2.24) is 0 Å². The highest BCUT2D eigenvalue weighted by Crippen LogP contribution is 2.59. The van der Waals surface area contributed by atoms with Crippen LogP contribution in [0.15, 0.2) is 42.5 Å². The molecule has 16 nitrogen and oxygen atoms in total. The summed E-state index contributed by atoms with van der Waals surface area (Å²) in [6.07, 6.45) is -7.22. The van der Waals surface area contributed by atoms with Crippen LogP contribution in [0.1, 0.15) is 121 Å². The number of methoxy groups -OCH3 is 2. The zero-order chi connectivity index (χ0) is 47.3. The fourth-order valence-electron chi connectivity index (χ4n) is 7.37. The van der Waals surface area contributed by atoms with E-state index in [1.807, 2.05) is 37.3 Å². The molecule has 350 valence electrons. The van der Waals surface area contributed by atoms with E-state index < -0.39 is 93.8 Å². The van der Waals surface area contributed by atoms with Crippen molar-refractivity contribution in [1.29, 1.82) is 0 Å². The molecule has 3 rings (SSSR count). The summed E-state index contributed by atoms with van der Waals surface area (Å²) in [6.45, 7) is 24.4. The minimum Gasteiger partial charge on any atom is -0.458 e. The topological polar surface area (TPSA) is 198 Å². The van der Waals surface area contributed by atoms with Gasteiger partial charge in [-0.05, 0) is 107 Å². The van der Waals surface area contributed by atoms with Gasteiger partial charge in [0.1, 0.15) is 22.9 Å². The van der Waals surface area contributed by atoms with Crippen molar-refractivity contribution in [2.24, 2.45) is 5.92 Å². The highest BCUT2D eigenvalue weighted by molar-refractivity contribution is 6.00. The molecular formula is C46H70O16. The first-order chi connectivity index (χ1) is 28.4. The Morgan fingerprint density at radius 3 is 1.90 bits per heavy atom. The van der Waals surface area contributed by atoms with Crippen molar-refractivity contribution in [2.45, 2.75) is 186 Å². The van der Waals surface area contributed by atoms with Gasteiger partial charge in [-0.15, -0.1) is 0 Å². The molecule has 2 unspecified atom stereocenters. The van der Waals surface area contributed by atoms with E-state index in [1.165, 1.54) is 76.5 Å². The molecule has 2 saturated heterocycles. The van der Waals surface area contributed by atoms with Gasteiger partial charge in [0.15, 0.2) is 18.0 Å². The van der Waals surface area contributed by atoms with E-state index in [0.717, 1.165) is 5.56 Å². The third-order valence-electron chi connectivity index (χ3n) is 10.0. The van der Waals surface area contributed by atoms with Crippen molar-refractivity contribution >= 4 is 29.8 Å². The van der Waals surface area contributed by atoms with Crippen molar-refractivity contribution in [3.63, 3.8) is 0 Å². The second-order valence-electron chi connectivity index (χ2n) is 19.5. The van der Waals surface area contributed by atoms with Crippen molar-refractivity contribution in [2.75, 3.05) is 20.8 Å². The Morgan fingerprint density at radius 2 is 1.39 bits per heavy atom. The zero-order valence-corrected chi connectivity index (χ0v) is 39.3. The molecule has 0 amide bonds. The first-order valence-electron chi connectivity index (χ1n) is 21.0. The van der Waals surface area contributed by atoms with Crippen molar-refractivity contribution in [3.8, 4) is 0 Å². The van der Waals surface area contributed by atoms with Gasteiger partial charge in [-0.1, -0.05) is 43.8 Å². The molecule has 62 heavy (non-hydrogen) atoms. The minimum absolute atomic E-state index is 0.102. The molecule has 0 saturated carbocycles. The fraction of sp³-hybridized carbons (Fsp3) is 0.717. The van der Waals surface area contributed by atoms with Crippen LogP contribution in [0.25, 0.3) is 0 Å². The Labute approximate surface area is 366 Å². The van der Waals surface area contributed by atoms with E-state index in [-0.39, 0.29) is 38.2 Å². The van der Waals surface area contributed by atoms with Crippen LogP contribution in [0.2, 0.25) is 0 Å². The molecule has 2 aliphatic rings. The number of aliphatic hydroxyl groups is 1. The number of esters is 5. The van der Waals surface area contributed by atoms with E-state index in [1.54, 1.807) is 20.8 Å². The van der Waals surface area contributed by atoms with Crippen LogP contribution in [0, 0.1) is 5.92 Å². The summed E-state index contributed by atoms with van der Waals surface area (Å²) in [5.74, 6) is -10.0. The number of hydrogen-bond acceptors (Lipinski definition) is 16. The summed E-state index contributed by atoms with van der Waals surface area (Å²) < 4.78 is 60.3. The predicted molar refractivity (Wildman–Crippen MR) is 224 cm³/mol. The maximum Gasteiger partial charge on any atom is 0.347 e. The number of benzene rings is 1. The molecule has 16 heteroatoms. The molecule has 0 spiro atoms. The van der Waals surface area contributed by atoms with Crippen molar-refractivity contribution in [3.05, 3.63) is 48.0 Å². The molecule has 8 atom stereocenters. The highest BCUT2D eigenvalue weighted by Gasteiger charge is 2.87. The van der Waals surface area contributed by atoms with Crippen molar-refractivity contribution < 1.29 is 76.4 Å². The molecule has 1 N–H and O–H groups in total. The lowest BCUT2D eigenvalue weighted by atomic mass is 9.74. The van der Waals surface area contributed by atoms with Gasteiger partial charge in [0, 0.05) is 46.5 Å². The summed E-state index contributed by atoms with van der Waals surface area (Å²) >= 11 is 0. The van der Waals surface area contributed by atoms with Gasteiger partial charge in [-0.3, -0.25) is 9.59 Å². The molecule has 2 aliphatic heterocycles. The lowest BCUT2D eigenvalue weighted by Crippen LogP contribution is -2.79. The van der Waals surface area contributed by atoms with Crippen LogP contribution < -0.4 is 0 Å². The zero-order valence-electron chi connectivity index (χ0n) is 39.3. The average Bonchev–Trinajstić information content (AvgIpc) is 3.35. The monoisotopic (exact) mass is 878 g/mol. The number of carbonyl (C=O) groups is 5. The van der Waals surface area contributed by atoms with Crippen LogP contribution >= 0.6 is 0 Å². The van der Waals surface area contributed by atoms with E-state index in [4.69, 9.17) is 47.4 Å². The lowest BCUT2D eigenvalue weighted by molar-refractivity contribution is -0.387. The van der Waals surface area contributed by atoms with Crippen LogP contribution in [0.5, 0.6) is 0 Å². The van der Waals surface area contributed by atoms with Gasteiger partial charge >= 0.3 is 29.8 Å². The number of fused-ring (bicyclic) bond motifs is 2. The van der Waals surface area contributed by atoms with E-state index in [0.29, 0.717) is 12.0 Å². The Bertz CT molecular complexity index is 1750. The number of hydrogen-bond donors (Lipinski definition) is 1. The largest absolute Gasteiger partial charge is 0.458 e. The summed E-state index contributed by atoms with van der Waals surface area (Å²) in [5.41, 5.74) is -9.21. The Hall–Kier alpha value is -3.93. The Kier molecular flexibility index (Phi) is 16.8. The lowest BCUT2D eigenvalue weighted by Gasteiger charge is -2.51. The Morgan fingerprint density at radius 1 is 0.823 bits per heavy atom. The molecule has 0 radical (unpaired) electrons. The Balaban J connectivity index is 2.46. The fourth-order valence-corrected chi connectivity index (χ4v) is 7.37. The standard InChI is InChI=1S/C46H70O16/c1-28(33(55-30(3)47)29(2)27-31-21-18-17-19-22-31)24-25-44-34(57-43(13,14)54-16)35(56-32(48)23-20-26-53-15)46(62-44,39(51)61-42(10,11)12)45(52,38(50)60-41(7,8)9)36(58-44)37(49)59-40(4,5)6/h17-19,21-22,29,33-36,52H,1,20,23-27H2,2-16H3/t29?,33?,34-,35-,36-,44-,45-,46-/m1/s1. The molecule has 0 aromatic heterocycles. The molecule has 2 heterocycles. The van der Waals surface area contributed by atoms with Gasteiger partial charge in [-0.2, -0.15) is 0 Å². The predicted octanol–water partition coefficient (Wildman–Crippen LogP) is 5.86. The number of carbonyl (C=O) groups excluding carboxylic acids is 5. The van der Waals surface area contributed by atoms with Gasteiger partial charge < -0.3 is 52.5 Å². The van der Waals surface area contributed by atoms with Crippen LogP contribution in [0.4, 0.5) is 0 Å². The molecule has 0 aliphatic carbocycles. The van der Waals surface area contributed by atoms with Crippen LogP contribution in [-0.2, 0) is 77.8 Å². The third-order valence-corrected chi connectivity index (χ3v) is 10.0. The third kappa shape index (κ3) is 12.6. The second kappa shape index (κ2) is 19.9. The first kappa shape index (κ1) is 52.4. The van der Waals surface area contributed by atoms with Gasteiger partial charge in [0.2, 0.25) is 17.5 Å². The molecule has 2 fully saturated rings. The summed E-state index contributed by atoms with van der Waals surface area (Å²) in [6, 6.07) is 9.57. The van der Waals surface area contributed by atoms with Gasteiger partial charge in [0.05, 0.1) is 0 Å². The maximum absolute atomic E-state index is 15.2. The summed E-state index contributed by atoms with van der Waals surface area (Å²) in [7, 11) is 2.79. The smallest absolute Gasteiger partial charge is 0.347 e. The van der Waals surface area contributed by atoms with Gasteiger partial charge in [0.25, 0.3) is 5.60 Å². The molecular weight excluding hydrogens is 808 g/mol. The molecule has 1 aromatic rings. The highest BCUT2D eigenvalue weighted by atomic mass is 16.8. The number of ether oxygens (including phenoxy) is 10. The van der Waals surface area contributed by atoms with E-state index in [2.05, 4.69) is 6.58 Å². The van der Waals surface area contributed by atoms with Gasteiger partial charge in [-0.25, -0.2) is 14.4 Å². The SMILES string of the molecule is C=C(CC[C@@]12O[C@H](C(=O)OC(C)(C)C)[C@@](O)(C(=O)OC(C)(C)C)[C@@](C(=O)OC(C)(C)C)(O1)[C@H](OC(=O)CCCOC)[C@H]2OC(C)(C)OC)C(OC(C)=O)C(C)Cc1ccccc1. The van der Waals surface area contributed by atoms with Crippen LogP contribution in [0.3, 0.4) is 0 Å². The maximum atomic E-state index is 15.2. The molecule has 2 bridgehead atoms. The minimum atomic E-state index is -3.50. The normalized spacial score (nSPS) is 26.2. The quantitative estimate of drug-likeness (QED) is 0.0570. The summed E-state index contributed by atoms with van der Waals surface area (Å²) in [4.78, 5) is 71.2. The average molecular weight is 879 g/mol. The van der Waals surface area contributed by atoms with E-state index >= 15 is 4.79 Å². The number of rotatable bonds is 19.